The molecule has 0 saturated heterocycles. The second kappa shape index (κ2) is 3.94. The Hall–Kier alpha value is 0.200. The van der Waals surface area contributed by atoms with Gasteiger partial charge >= 0.3 is 0 Å². The third-order valence-corrected chi connectivity index (χ3v) is 4.56. The van der Waals surface area contributed by atoms with Gasteiger partial charge in [-0.2, -0.15) is 0 Å². The van der Waals surface area contributed by atoms with E-state index in [2.05, 4.69) is 11.2 Å². The molecule has 0 heterocycles. The maximum atomic E-state index is 11.2. The number of sulfonamides is 1. The Morgan fingerprint density at radius 3 is 2.17 bits per heavy atom. The first-order valence-corrected chi connectivity index (χ1v) is 5.97. The van der Waals surface area contributed by atoms with Gasteiger partial charge in [-0.25, -0.2) is 8.42 Å². The van der Waals surface area contributed by atoms with E-state index >= 15 is 0 Å². The van der Waals surface area contributed by atoms with Crippen LogP contribution in [0.3, 0.4) is 0 Å². The van der Waals surface area contributed by atoms with Gasteiger partial charge in [-0.05, 0) is 31.6 Å². The van der Waals surface area contributed by atoms with Crippen LogP contribution in [0.25, 0.3) is 4.24 Å². The molecule has 0 aromatic rings. The summed E-state index contributed by atoms with van der Waals surface area (Å²) in [5.41, 5.74) is 0. The molecule has 0 amide bonds. The minimum atomic E-state index is -3.35. The lowest BCUT2D eigenvalue weighted by atomic mass is 9.91. The summed E-state index contributed by atoms with van der Waals surface area (Å²) >= 11 is 5.00. The summed E-state index contributed by atoms with van der Waals surface area (Å²) < 4.78 is 25.2. The molecule has 12 heavy (non-hydrogen) atoms. The van der Waals surface area contributed by atoms with E-state index in [9.17, 15) is 8.42 Å². The van der Waals surface area contributed by atoms with Gasteiger partial charge in [-0.15, -0.1) is 0 Å². The summed E-state index contributed by atoms with van der Waals surface area (Å²) in [6.07, 6.45) is 3.35. The fraction of sp³-hybridized carbons (Fsp3) is 1.00. The van der Waals surface area contributed by atoms with E-state index < -0.39 is 10.0 Å². The molecular formula is C7H13ClNO2S-. The van der Waals surface area contributed by atoms with Crippen molar-refractivity contribution in [3.05, 3.63) is 4.24 Å². The number of hydrogen-bond donors (Lipinski definition) is 0. The van der Waals surface area contributed by atoms with Crippen molar-refractivity contribution in [2.75, 3.05) is 0 Å². The minimum absolute atomic E-state index is 0.328. The predicted molar refractivity (Wildman–Crippen MR) is 49.6 cm³/mol. The molecule has 3 nitrogen and oxygen atoms in total. The molecule has 0 aromatic heterocycles. The van der Waals surface area contributed by atoms with Crippen molar-refractivity contribution in [2.45, 2.75) is 37.9 Å². The second-order valence-electron chi connectivity index (χ2n) is 3.47. The predicted octanol–water partition coefficient (Wildman–Crippen LogP) is 2.42. The van der Waals surface area contributed by atoms with Crippen molar-refractivity contribution in [1.82, 2.24) is 0 Å². The summed E-state index contributed by atoms with van der Waals surface area (Å²) in [5.74, 6) is 0.645. The lowest BCUT2D eigenvalue weighted by Gasteiger charge is -2.29. The normalized spacial score (nSPS) is 31.8. The standard InChI is InChI=1S/C7H13ClNO2S/c1-6-2-4-7(5-3-6)12(10,11)9-8/h6-7H,2-5H2,1H3/q-1. The molecular weight excluding hydrogens is 198 g/mol. The quantitative estimate of drug-likeness (QED) is 0.703. The average Bonchev–Trinajstić information content (AvgIpc) is 2.05. The van der Waals surface area contributed by atoms with Crippen LogP contribution in [0.15, 0.2) is 0 Å². The lowest BCUT2D eigenvalue weighted by Crippen LogP contribution is -2.24. The molecule has 0 aliphatic heterocycles. The maximum absolute atomic E-state index is 11.2. The molecule has 0 N–H and O–H groups in total. The van der Waals surface area contributed by atoms with E-state index in [-0.39, 0.29) is 5.25 Å². The number of rotatable bonds is 2. The van der Waals surface area contributed by atoms with Crippen LogP contribution in [0.4, 0.5) is 0 Å². The molecule has 0 spiro atoms. The highest BCUT2D eigenvalue weighted by Gasteiger charge is 2.23. The zero-order valence-corrected chi connectivity index (χ0v) is 8.61. The molecule has 1 aliphatic rings. The molecule has 1 saturated carbocycles. The first-order chi connectivity index (χ1) is 5.56. The van der Waals surface area contributed by atoms with Gasteiger partial charge in [0.25, 0.3) is 0 Å². The van der Waals surface area contributed by atoms with Crippen molar-refractivity contribution >= 4 is 21.8 Å². The lowest BCUT2D eigenvalue weighted by molar-refractivity contribution is 0.383. The first kappa shape index (κ1) is 10.3. The molecule has 1 fully saturated rings. The van der Waals surface area contributed by atoms with Crippen molar-refractivity contribution in [2.24, 2.45) is 5.92 Å². The summed E-state index contributed by atoms with van der Waals surface area (Å²) in [7, 11) is -3.35. The smallest absolute Gasteiger partial charge is 0.0859 e. The topological polar surface area (TPSA) is 48.2 Å². The maximum Gasteiger partial charge on any atom is 0.0859 e. The van der Waals surface area contributed by atoms with Gasteiger partial charge in [0.15, 0.2) is 0 Å². The zero-order valence-electron chi connectivity index (χ0n) is 7.03. The van der Waals surface area contributed by atoms with E-state index in [0.717, 1.165) is 12.8 Å². The van der Waals surface area contributed by atoms with Crippen molar-refractivity contribution < 1.29 is 8.42 Å². The van der Waals surface area contributed by atoms with Crippen LogP contribution in [-0.2, 0) is 10.0 Å². The van der Waals surface area contributed by atoms with Crippen molar-refractivity contribution in [3.63, 3.8) is 0 Å². The first-order valence-electron chi connectivity index (χ1n) is 4.13. The Kier molecular flexibility index (Phi) is 3.37. The van der Waals surface area contributed by atoms with E-state index in [1.807, 2.05) is 0 Å². The number of nitrogens with zero attached hydrogens (tertiary/aromatic N) is 1. The average molecular weight is 211 g/mol. The minimum Gasteiger partial charge on any atom is -0.462 e. The summed E-state index contributed by atoms with van der Waals surface area (Å²) in [5, 5.41) is -0.328. The molecule has 0 bridgehead atoms. The zero-order chi connectivity index (χ0) is 9.19. The van der Waals surface area contributed by atoms with Crippen LogP contribution >= 0.6 is 11.8 Å². The Bertz CT molecular complexity index is 232. The molecule has 0 aromatic carbocycles. The molecule has 72 valence electrons. The van der Waals surface area contributed by atoms with Crippen LogP contribution in [0.2, 0.25) is 0 Å². The molecule has 1 rings (SSSR count). The van der Waals surface area contributed by atoms with Gasteiger partial charge in [0.05, 0.1) is 10.0 Å². The molecule has 1 aliphatic carbocycles. The number of hydrogen-bond acceptors (Lipinski definition) is 2. The summed E-state index contributed by atoms with van der Waals surface area (Å²) in [4.78, 5) is 0. The Labute approximate surface area is 78.6 Å². The monoisotopic (exact) mass is 210 g/mol. The van der Waals surface area contributed by atoms with E-state index in [4.69, 9.17) is 11.8 Å². The highest BCUT2D eigenvalue weighted by atomic mass is 35.5. The SMILES string of the molecule is CC1CCC(S(=O)(=O)[N-]Cl)CC1. The van der Waals surface area contributed by atoms with Crippen LogP contribution in [-0.4, -0.2) is 13.7 Å². The fourth-order valence-electron chi connectivity index (χ4n) is 1.58. The highest BCUT2D eigenvalue weighted by molar-refractivity contribution is 7.95. The Balaban J connectivity index is 2.56. The second-order valence-corrected chi connectivity index (χ2v) is 5.71. The molecule has 5 heteroatoms. The molecule has 0 unspecified atom stereocenters. The van der Waals surface area contributed by atoms with Crippen LogP contribution in [0, 0.1) is 5.92 Å². The van der Waals surface area contributed by atoms with Gasteiger partial charge < -0.3 is 4.24 Å². The van der Waals surface area contributed by atoms with Gasteiger partial charge in [-0.3, -0.25) is 11.8 Å². The fourth-order valence-corrected chi connectivity index (χ4v) is 2.90. The van der Waals surface area contributed by atoms with Gasteiger partial charge in [0.1, 0.15) is 0 Å². The largest absolute Gasteiger partial charge is 0.462 e. The van der Waals surface area contributed by atoms with Crippen LogP contribution < -0.4 is 0 Å². The Morgan fingerprint density at radius 2 is 1.75 bits per heavy atom. The summed E-state index contributed by atoms with van der Waals surface area (Å²) in [6.45, 7) is 2.14. The Morgan fingerprint density at radius 1 is 1.25 bits per heavy atom. The molecule has 0 radical (unpaired) electrons. The third kappa shape index (κ3) is 2.34. The van der Waals surface area contributed by atoms with Crippen LogP contribution in [0.5, 0.6) is 0 Å². The van der Waals surface area contributed by atoms with Crippen molar-refractivity contribution in [1.29, 1.82) is 0 Å². The number of halogens is 1. The van der Waals surface area contributed by atoms with E-state index in [1.165, 1.54) is 0 Å². The summed E-state index contributed by atoms with van der Waals surface area (Å²) in [6, 6.07) is 0. The van der Waals surface area contributed by atoms with Crippen LogP contribution in [0.1, 0.15) is 32.6 Å². The third-order valence-electron chi connectivity index (χ3n) is 2.48. The highest BCUT2D eigenvalue weighted by Crippen LogP contribution is 2.30. The van der Waals surface area contributed by atoms with E-state index in [1.54, 1.807) is 0 Å². The van der Waals surface area contributed by atoms with Gasteiger partial charge in [0.2, 0.25) is 0 Å². The van der Waals surface area contributed by atoms with Gasteiger partial charge in [0, 0.05) is 5.25 Å². The van der Waals surface area contributed by atoms with Crippen molar-refractivity contribution in [3.8, 4) is 0 Å². The molecule has 0 atom stereocenters. The van der Waals surface area contributed by atoms with Gasteiger partial charge in [-0.1, -0.05) is 6.92 Å². The van der Waals surface area contributed by atoms with E-state index in [0.29, 0.717) is 18.8 Å².